The third-order valence-corrected chi connectivity index (χ3v) is 1.85. The summed E-state index contributed by atoms with van der Waals surface area (Å²) in [6.45, 7) is 7.04. The summed E-state index contributed by atoms with van der Waals surface area (Å²) in [5.41, 5.74) is 0. The van der Waals surface area contributed by atoms with Crippen LogP contribution >= 0.6 is 0 Å². The Kier molecular flexibility index (Phi) is 17.9. The van der Waals surface area contributed by atoms with Crippen LogP contribution < -0.4 is 0 Å². The Morgan fingerprint density at radius 3 is 2.54 bits per heavy atom. The molecule has 0 saturated heterocycles. The van der Waals surface area contributed by atoms with Gasteiger partial charge in [-0.05, 0) is 25.5 Å². The van der Waals surface area contributed by atoms with Crippen LogP contribution in [0, 0.1) is 6.92 Å². The van der Waals surface area contributed by atoms with Gasteiger partial charge in [-0.2, -0.15) is 0 Å². The second kappa shape index (κ2) is 14.8. The van der Waals surface area contributed by atoms with Crippen molar-refractivity contribution in [3.05, 3.63) is 6.92 Å². The van der Waals surface area contributed by atoms with E-state index >= 15 is 0 Å². The van der Waals surface area contributed by atoms with Crippen LogP contribution in [0.4, 0.5) is 0 Å². The van der Waals surface area contributed by atoms with Crippen molar-refractivity contribution in [2.45, 2.75) is 51.9 Å². The molecule has 0 amide bonds. The molecule has 0 saturated carbocycles. The zero-order valence-electron chi connectivity index (χ0n) is 8.39. The second-order valence-electron chi connectivity index (χ2n) is 3.15. The molecule has 0 heterocycles. The molecule has 0 aliphatic rings. The van der Waals surface area contributed by atoms with Gasteiger partial charge in [-0.15, -0.1) is 0 Å². The fourth-order valence-electron chi connectivity index (χ4n) is 1.05. The first-order valence-corrected chi connectivity index (χ1v) is 5.19. The number of unbranched alkanes of at least 4 members (excludes halogenated alkanes) is 5. The zero-order valence-corrected chi connectivity index (χ0v) is 8.39. The summed E-state index contributed by atoms with van der Waals surface area (Å²) >= 11 is 0. The monoisotopic (exact) mass is 176 g/mol. The molecule has 13 heavy (non-hydrogen) atoms. The molecule has 0 fully saturated rings. The first kappa shape index (κ1) is 15.7. The van der Waals surface area contributed by atoms with Gasteiger partial charge in [0.2, 0.25) is 0 Å². The van der Waals surface area contributed by atoms with E-state index in [1.54, 1.807) is 0 Å². The van der Waals surface area contributed by atoms with Crippen molar-refractivity contribution in [2.24, 2.45) is 4.99 Å². The van der Waals surface area contributed by atoms with Crippen LogP contribution in [0.1, 0.15) is 51.9 Å². The molecule has 0 unspecified atom stereocenters. The molecule has 2 heteroatoms. The van der Waals surface area contributed by atoms with Gasteiger partial charge < -0.3 is 0 Å². The van der Waals surface area contributed by atoms with Crippen LogP contribution in [-0.2, 0) is 0 Å². The molecule has 73 valence electrons. The standard InChI is InChI=1S/C11H22N.Li.H/c1-3-5-7-9-11-12-10-8-6-4-2;;/h10H,2-9,11H2,1H3;;. The predicted octanol–water partition coefficient (Wildman–Crippen LogP) is 2.99. The molecule has 0 aromatic carbocycles. The van der Waals surface area contributed by atoms with Gasteiger partial charge in [0.25, 0.3) is 0 Å². The van der Waals surface area contributed by atoms with Crippen LogP contribution in [0.15, 0.2) is 4.99 Å². The van der Waals surface area contributed by atoms with E-state index in [4.69, 9.17) is 0 Å². The maximum atomic E-state index is 4.33. The quantitative estimate of drug-likeness (QED) is 0.306. The topological polar surface area (TPSA) is 12.4 Å². The van der Waals surface area contributed by atoms with Crippen molar-refractivity contribution in [1.29, 1.82) is 0 Å². The van der Waals surface area contributed by atoms with Gasteiger partial charge in [-0.1, -0.05) is 39.5 Å². The van der Waals surface area contributed by atoms with E-state index in [1.165, 1.54) is 32.1 Å². The Bertz CT molecular complexity index is 102. The predicted molar refractivity (Wildman–Crippen MR) is 63.9 cm³/mol. The molecular weight excluding hydrogens is 153 g/mol. The SMILES string of the molecule is [CH2]CCCC=NCCCCCC.[LiH]. The van der Waals surface area contributed by atoms with Crippen molar-refractivity contribution in [2.75, 3.05) is 6.54 Å². The third-order valence-electron chi connectivity index (χ3n) is 1.85. The van der Waals surface area contributed by atoms with Gasteiger partial charge in [0.05, 0.1) is 0 Å². The first-order valence-electron chi connectivity index (χ1n) is 5.19. The molecule has 1 radical (unpaired) electrons. The number of nitrogens with zero attached hydrogens (tertiary/aromatic N) is 1. The average molecular weight is 176 g/mol. The Hall–Kier alpha value is 0.267. The van der Waals surface area contributed by atoms with Crippen LogP contribution in [-0.4, -0.2) is 31.6 Å². The van der Waals surface area contributed by atoms with Crippen molar-refractivity contribution < 1.29 is 0 Å². The fraction of sp³-hybridized carbons (Fsp3) is 0.818. The van der Waals surface area contributed by atoms with Crippen LogP contribution in [0.25, 0.3) is 0 Å². The molecule has 0 atom stereocenters. The van der Waals surface area contributed by atoms with E-state index in [2.05, 4.69) is 25.1 Å². The molecule has 0 aliphatic heterocycles. The molecule has 0 bridgehead atoms. The minimum atomic E-state index is 0. The Morgan fingerprint density at radius 1 is 1.15 bits per heavy atom. The van der Waals surface area contributed by atoms with Gasteiger partial charge in [0.1, 0.15) is 0 Å². The van der Waals surface area contributed by atoms with Crippen molar-refractivity contribution in [3.63, 3.8) is 0 Å². The van der Waals surface area contributed by atoms with Gasteiger partial charge >= 0.3 is 18.9 Å². The summed E-state index contributed by atoms with van der Waals surface area (Å²) in [7, 11) is 0. The average Bonchev–Trinajstić information content (AvgIpc) is 2.10. The van der Waals surface area contributed by atoms with E-state index in [-0.39, 0.29) is 18.9 Å². The summed E-state index contributed by atoms with van der Waals surface area (Å²) in [4.78, 5) is 4.33. The van der Waals surface area contributed by atoms with Crippen LogP contribution in [0.3, 0.4) is 0 Å². The fourth-order valence-corrected chi connectivity index (χ4v) is 1.05. The first-order chi connectivity index (χ1) is 5.91. The number of aliphatic imine (C=N–C) groups is 1. The molecule has 0 aliphatic carbocycles. The summed E-state index contributed by atoms with van der Waals surface area (Å²) in [5, 5.41) is 0. The van der Waals surface area contributed by atoms with E-state index in [1.807, 2.05) is 0 Å². The Morgan fingerprint density at radius 2 is 1.92 bits per heavy atom. The van der Waals surface area contributed by atoms with E-state index in [0.29, 0.717) is 0 Å². The second-order valence-corrected chi connectivity index (χ2v) is 3.15. The Labute approximate surface area is 95.6 Å². The molecule has 0 rings (SSSR count). The number of hydrogen-bond donors (Lipinski definition) is 0. The van der Waals surface area contributed by atoms with E-state index in [0.717, 1.165) is 19.4 Å². The zero-order chi connectivity index (χ0) is 9.07. The maximum absolute atomic E-state index is 4.33. The molecule has 0 aromatic heterocycles. The number of hydrogen-bond acceptors (Lipinski definition) is 1. The van der Waals surface area contributed by atoms with Gasteiger partial charge in [0, 0.05) is 6.54 Å². The van der Waals surface area contributed by atoms with Gasteiger partial charge in [0.15, 0.2) is 0 Å². The van der Waals surface area contributed by atoms with Crippen molar-refractivity contribution in [1.82, 2.24) is 0 Å². The van der Waals surface area contributed by atoms with Gasteiger partial charge in [-0.25, -0.2) is 0 Å². The van der Waals surface area contributed by atoms with Gasteiger partial charge in [-0.3, -0.25) is 4.99 Å². The summed E-state index contributed by atoms with van der Waals surface area (Å²) in [5.74, 6) is 0. The summed E-state index contributed by atoms with van der Waals surface area (Å²) in [6, 6.07) is 0. The third kappa shape index (κ3) is 15.1. The molecule has 0 spiro atoms. The summed E-state index contributed by atoms with van der Waals surface area (Å²) in [6.07, 6.45) is 10.6. The van der Waals surface area contributed by atoms with Crippen LogP contribution in [0.2, 0.25) is 0 Å². The summed E-state index contributed by atoms with van der Waals surface area (Å²) < 4.78 is 0. The Balaban J connectivity index is 0. The van der Waals surface area contributed by atoms with Crippen LogP contribution in [0.5, 0.6) is 0 Å². The molecule has 0 aromatic rings. The molecule has 0 N–H and O–H groups in total. The molecule has 1 nitrogen and oxygen atoms in total. The van der Waals surface area contributed by atoms with Crippen molar-refractivity contribution >= 4 is 25.1 Å². The van der Waals surface area contributed by atoms with E-state index in [9.17, 15) is 0 Å². The van der Waals surface area contributed by atoms with E-state index < -0.39 is 0 Å². The molecular formula is C11H23LiN. The van der Waals surface area contributed by atoms with Crippen molar-refractivity contribution in [3.8, 4) is 0 Å². The normalized spacial score (nSPS) is 10.3. The minimum absolute atomic E-state index is 0. The number of rotatable bonds is 8.